The van der Waals surface area contributed by atoms with Gasteiger partial charge >= 0.3 is 5.97 Å². The van der Waals surface area contributed by atoms with E-state index in [0.717, 1.165) is 17.7 Å². The predicted octanol–water partition coefficient (Wildman–Crippen LogP) is 2.39. The molecule has 0 spiro atoms. The zero-order valence-corrected chi connectivity index (χ0v) is 13.0. The minimum absolute atomic E-state index is 0.0335. The van der Waals surface area contributed by atoms with Gasteiger partial charge in [-0.2, -0.15) is 0 Å². The predicted molar refractivity (Wildman–Crippen MR) is 80.8 cm³/mol. The Morgan fingerprint density at radius 2 is 2.14 bits per heavy atom. The lowest BCUT2D eigenvalue weighted by atomic mass is 9.84. The maximum atomic E-state index is 11.7. The monoisotopic (exact) mass is 293 g/mol. The first-order valence-electron chi connectivity index (χ1n) is 7.21. The quantitative estimate of drug-likeness (QED) is 0.816. The summed E-state index contributed by atoms with van der Waals surface area (Å²) in [4.78, 5) is 11.7. The van der Waals surface area contributed by atoms with E-state index < -0.39 is 0 Å². The van der Waals surface area contributed by atoms with Gasteiger partial charge in [-0.3, -0.25) is 0 Å². The molecule has 0 heterocycles. The van der Waals surface area contributed by atoms with Crippen molar-refractivity contribution in [3.05, 3.63) is 29.3 Å². The molecule has 0 saturated heterocycles. The molecular weight excluding hydrogens is 270 g/mol. The molecule has 1 aliphatic carbocycles. The van der Waals surface area contributed by atoms with Crippen LogP contribution in [0.1, 0.15) is 29.3 Å². The van der Waals surface area contributed by atoms with Crippen LogP contribution in [0.3, 0.4) is 0 Å². The topological polar surface area (TPSA) is 56.8 Å². The Morgan fingerprint density at radius 1 is 1.38 bits per heavy atom. The van der Waals surface area contributed by atoms with Crippen LogP contribution in [-0.2, 0) is 14.2 Å². The van der Waals surface area contributed by atoms with Gasteiger partial charge in [0.1, 0.15) is 6.10 Å². The Bertz CT molecular complexity index is 503. The van der Waals surface area contributed by atoms with Crippen molar-refractivity contribution in [3.8, 4) is 0 Å². The summed E-state index contributed by atoms with van der Waals surface area (Å²) >= 11 is 0. The number of esters is 1. The zero-order valence-electron chi connectivity index (χ0n) is 13.0. The molecule has 5 nitrogen and oxygen atoms in total. The van der Waals surface area contributed by atoms with Crippen molar-refractivity contribution >= 4 is 11.7 Å². The molecule has 1 saturated carbocycles. The lowest BCUT2D eigenvalue weighted by Crippen LogP contribution is -2.56. The van der Waals surface area contributed by atoms with Crippen molar-refractivity contribution in [1.82, 2.24) is 0 Å². The first-order valence-corrected chi connectivity index (χ1v) is 7.21. The van der Waals surface area contributed by atoms with Crippen molar-refractivity contribution in [3.63, 3.8) is 0 Å². The molecule has 3 unspecified atom stereocenters. The second-order valence-corrected chi connectivity index (χ2v) is 5.15. The fraction of sp³-hybridized carbons (Fsp3) is 0.562. The molecule has 3 atom stereocenters. The van der Waals surface area contributed by atoms with Crippen molar-refractivity contribution in [2.45, 2.75) is 38.5 Å². The third-order valence-corrected chi connectivity index (χ3v) is 3.98. The molecule has 0 aromatic heterocycles. The summed E-state index contributed by atoms with van der Waals surface area (Å²) < 4.78 is 15.9. The van der Waals surface area contributed by atoms with Crippen LogP contribution in [0, 0.1) is 6.92 Å². The number of anilines is 1. The zero-order chi connectivity index (χ0) is 15.4. The summed E-state index contributed by atoms with van der Waals surface area (Å²) in [6.45, 7) is 4.58. The molecule has 21 heavy (non-hydrogen) atoms. The van der Waals surface area contributed by atoms with E-state index in [1.165, 1.54) is 7.11 Å². The molecule has 0 aliphatic heterocycles. The molecule has 1 aromatic carbocycles. The standard InChI is InChI=1S/C16H23NO4/c1-5-21-14-9-13(15(14)19-3)17-12-8-6-7-11(10(12)2)16(18)20-4/h6-8,13-15,17H,5,9H2,1-4H3. The highest BCUT2D eigenvalue weighted by atomic mass is 16.5. The van der Waals surface area contributed by atoms with Crippen LogP contribution in [0.5, 0.6) is 0 Å². The van der Waals surface area contributed by atoms with Gasteiger partial charge in [-0.05, 0) is 38.0 Å². The van der Waals surface area contributed by atoms with Crippen LogP contribution in [0.4, 0.5) is 5.69 Å². The minimum atomic E-state index is -0.319. The summed E-state index contributed by atoms with van der Waals surface area (Å²) in [6, 6.07) is 5.77. The number of carbonyl (C=O) groups excluding carboxylic acids is 1. The molecule has 0 amide bonds. The molecule has 1 aliphatic rings. The molecule has 5 heteroatoms. The van der Waals surface area contributed by atoms with Gasteiger partial charge in [0, 0.05) is 19.4 Å². The lowest BCUT2D eigenvalue weighted by Gasteiger charge is -2.44. The first kappa shape index (κ1) is 15.8. The molecule has 2 rings (SSSR count). The number of ether oxygens (including phenoxy) is 3. The minimum Gasteiger partial charge on any atom is -0.465 e. The highest BCUT2D eigenvalue weighted by Gasteiger charge is 2.42. The summed E-state index contributed by atoms with van der Waals surface area (Å²) in [5, 5.41) is 3.44. The molecule has 1 N–H and O–H groups in total. The van der Waals surface area contributed by atoms with Crippen LogP contribution in [0.2, 0.25) is 0 Å². The average Bonchev–Trinajstić information content (AvgIpc) is 2.47. The van der Waals surface area contributed by atoms with Crippen LogP contribution in [-0.4, -0.2) is 45.0 Å². The highest BCUT2D eigenvalue weighted by Crippen LogP contribution is 2.31. The maximum Gasteiger partial charge on any atom is 0.338 e. The van der Waals surface area contributed by atoms with Gasteiger partial charge in [0.2, 0.25) is 0 Å². The highest BCUT2D eigenvalue weighted by molar-refractivity contribution is 5.92. The smallest absolute Gasteiger partial charge is 0.338 e. The Labute approximate surface area is 125 Å². The van der Waals surface area contributed by atoms with Crippen LogP contribution in [0.15, 0.2) is 18.2 Å². The number of benzene rings is 1. The van der Waals surface area contributed by atoms with Gasteiger partial charge in [-0.15, -0.1) is 0 Å². The van der Waals surface area contributed by atoms with Crippen molar-refractivity contribution < 1.29 is 19.0 Å². The van der Waals surface area contributed by atoms with Gasteiger partial charge in [-0.1, -0.05) is 6.07 Å². The molecule has 0 bridgehead atoms. The van der Waals surface area contributed by atoms with E-state index in [1.54, 1.807) is 13.2 Å². The fourth-order valence-corrected chi connectivity index (χ4v) is 2.74. The third kappa shape index (κ3) is 3.19. The number of hydrogen-bond acceptors (Lipinski definition) is 5. The second-order valence-electron chi connectivity index (χ2n) is 5.15. The van der Waals surface area contributed by atoms with Gasteiger partial charge in [0.25, 0.3) is 0 Å². The Balaban J connectivity index is 2.09. The van der Waals surface area contributed by atoms with Crippen molar-refractivity contribution in [2.75, 3.05) is 26.1 Å². The van der Waals surface area contributed by atoms with E-state index in [-0.39, 0.29) is 24.2 Å². The number of rotatable bonds is 6. The molecule has 1 fully saturated rings. The second kappa shape index (κ2) is 6.91. The van der Waals surface area contributed by atoms with E-state index in [9.17, 15) is 4.79 Å². The first-order chi connectivity index (χ1) is 10.1. The normalized spacial score (nSPS) is 24.3. The average molecular weight is 293 g/mol. The molecule has 0 radical (unpaired) electrons. The number of carbonyl (C=O) groups is 1. The SMILES string of the molecule is CCOC1CC(Nc2cccc(C(=O)OC)c2C)C1OC. The Morgan fingerprint density at radius 3 is 2.76 bits per heavy atom. The summed E-state index contributed by atoms with van der Waals surface area (Å²) in [5.41, 5.74) is 2.40. The van der Waals surface area contributed by atoms with Crippen LogP contribution < -0.4 is 5.32 Å². The van der Waals surface area contributed by atoms with E-state index >= 15 is 0 Å². The summed E-state index contributed by atoms with van der Waals surface area (Å²) in [6.07, 6.45) is 1.07. The van der Waals surface area contributed by atoms with Gasteiger partial charge in [0.15, 0.2) is 0 Å². The molecular formula is C16H23NO4. The van der Waals surface area contributed by atoms with E-state index in [0.29, 0.717) is 12.2 Å². The third-order valence-electron chi connectivity index (χ3n) is 3.98. The number of methoxy groups -OCH3 is 2. The number of nitrogens with one attached hydrogen (secondary N) is 1. The molecule has 116 valence electrons. The largest absolute Gasteiger partial charge is 0.465 e. The fourth-order valence-electron chi connectivity index (χ4n) is 2.74. The van der Waals surface area contributed by atoms with E-state index in [1.807, 2.05) is 26.0 Å². The van der Waals surface area contributed by atoms with E-state index in [2.05, 4.69) is 5.32 Å². The van der Waals surface area contributed by atoms with Gasteiger partial charge in [-0.25, -0.2) is 4.79 Å². The van der Waals surface area contributed by atoms with Crippen molar-refractivity contribution in [1.29, 1.82) is 0 Å². The van der Waals surface area contributed by atoms with Crippen LogP contribution >= 0.6 is 0 Å². The van der Waals surface area contributed by atoms with E-state index in [4.69, 9.17) is 14.2 Å². The lowest BCUT2D eigenvalue weighted by molar-refractivity contribution is -0.118. The maximum absolute atomic E-state index is 11.7. The van der Waals surface area contributed by atoms with Crippen LogP contribution in [0.25, 0.3) is 0 Å². The Hall–Kier alpha value is -1.59. The summed E-state index contributed by atoms with van der Waals surface area (Å²) in [7, 11) is 3.09. The van der Waals surface area contributed by atoms with Gasteiger partial charge in [0.05, 0.1) is 24.8 Å². The summed E-state index contributed by atoms with van der Waals surface area (Å²) in [5.74, 6) is -0.319. The van der Waals surface area contributed by atoms with Gasteiger partial charge < -0.3 is 19.5 Å². The Kier molecular flexibility index (Phi) is 5.20. The molecule has 1 aromatic rings. The van der Waals surface area contributed by atoms with Crippen molar-refractivity contribution in [2.24, 2.45) is 0 Å². The number of hydrogen-bond donors (Lipinski definition) is 1.